The first kappa shape index (κ1) is 17.8. The maximum Gasteiger partial charge on any atom is 0.397 e. The Morgan fingerprint density at radius 3 is 2.24 bits per heavy atom. The number of rotatable bonds is 5. The van der Waals surface area contributed by atoms with Crippen LogP contribution in [0.25, 0.3) is 0 Å². The van der Waals surface area contributed by atoms with Crippen molar-refractivity contribution >= 4 is 27.7 Å². The third kappa shape index (κ3) is 4.91. The first-order valence-electron chi connectivity index (χ1n) is 5.48. The molecule has 0 saturated heterocycles. The molecule has 0 amide bonds. The van der Waals surface area contributed by atoms with Gasteiger partial charge in [0, 0.05) is 6.42 Å². The zero-order valence-electron chi connectivity index (χ0n) is 11.1. The van der Waals surface area contributed by atoms with E-state index in [1.165, 1.54) is 19.4 Å². The quantitative estimate of drug-likeness (QED) is 0.354. The van der Waals surface area contributed by atoms with E-state index in [0.29, 0.717) is 17.7 Å². The minimum atomic E-state index is -4.47. The van der Waals surface area contributed by atoms with Crippen molar-refractivity contribution in [2.75, 3.05) is 19.4 Å². The SMILES string of the molecule is CON(OC)c1cc2ccc1CC2OS(=O)(=O)O.O=[SH-]=O. The van der Waals surface area contributed by atoms with Crippen molar-refractivity contribution in [1.82, 2.24) is 0 Å². The van der Waals surface area contributed by atoms with Crippen LogP contribution in [0.1, 0.15) is 17.2 Å². The van der Waals surface area contributed by atoms with E-state index in [1.54, 1.807) is 12.1 Å². The zero-order chi connectivity index (χ0) is 16.0. The minimum Gasteiger partial charge on any atom is -0.427 e. The average molecular weight is 340 g/mol. The van der Waals surface area contributed by atoms with Gasteiger partial charge in [-0.3, -0.25) is 14.2 Å². The number of benzene rings is 1. The number of thiol groups is 1. The lowest BCUT2D eigenvalue weighted by Gasteiger charge is -2.28. The Balaban J connectivity index is 0.000000677. The summed E-state index contributed by atoms with van der Waals surface area (Å²) in [4.78, 5) is 9.99. The van der Waals surface area contributed by atoms with Crippen LogP contribution in [-0.4, -0.2) is 27.2 Å². The molecule has 1 aromatic carbocycles. The molecule has 2 aliphatic carbocycles. The van der Waals surface area contributed by atoms with Gasteiger partial charge in [-0.05, 0) is 17.2 Å². The standard InChI is InChI=1S/C10H13NO6S.HO2S/c1-15-11(16-2)9-5-8-4-3-7(9)6-10(8)17-18(12,13)14;1-3-2/h3-5,10H,6H2,1-2H3,(H,12,13,14);3H/q;-1. The van der Waals surface area contributed by atoms with Crippen molar-refractivity contribution in [3.63, 3.8) is 0 Å². The largest absolute Gasteiger partial charge is 0.427 e. The van der Waals surface area contributed by atoms with Crippen molar-refractivity contribution in [1.29, 1.82) is 0 Å². The van der Waals surface area contributed by atoms with Crippen molar-refractivity contribution < 1.29 is 35.2 Å². The van der Waals surface area contributed by atoms with Gasteiger partial charge in [0.2, 0.25) is 0 Å². The Bertz CT molecular complexity index is 622. The molecule has 0 radical (unpaired) electrons. The fourth-order valence-corrected chi connectivity index (χ4v) is 2.42. The van der Waals surface area contributed by atoms with Gasteiger partial charge in [0.1, 0.15) is 6.10 Å². The van der Waals surface area contributed by atoms with Gasteiger partial charge in [-0.2, -0.15) is 8.42 Å². The summed E-state index contributed by atoms with van der Waals surface area (Å²) in [6.07, 6.45) is -0.389. The van der Waals surface area contributed by atoms with Crippen LogP contribution >= 0.6 is 0 Å². The van der Waals surface area contributed by atoms with Crippen molar-refractivity contribution in [2.45, 2.75) is 12.5 Å². The highest BCUT2D eigenvalue weighted by Crippen LogP contribution is 2.37. The number of hydrogen-bond donors (Lipinski definition) is 1. The predicted molar refractivity (Wildman–Crippen MR) is 72.2 cm³/mol. The van der Waals surface area contributed by atoms with E-state index in [0.717, 1.165) is 5.56 Å². The summed E-state index contributed by atoms with van der Waals surface area (Å²) in [5.74, 6) is 0. The van der Waals surface area contributed by atoms with Crippen LogP contribution in [0.4, 0.5) is 5.69 Å². The molecular formula is C10H14NO8S2-. The van der Waals surface area contributed by atoms with Crippen LogP contribution in [0, 0.1) is 0 Å². The topological polar surface area (TPSA) is 119 Å². The van der Waals surface area contributed by atoms with Crippen LogP contribution in [0.15, 0.2) is 18.2 Å². The Labute approximate surface area is 124 Å². The molecule has 2 bridgehead atoms. The van der Waals surface area contributed by atoms with Gasteiger partial charge in [-0.15, -0.1) is 5.23 Å². The molecule has 21 heavy (non-hydrogen) atoms. The molecule has 0 aliphatic heterocycles. The molecular weight excluding hydrogens is 326 g/mol. The third-order valence-electron chi connectivity index (χ3n) is 2.65. The summed E-state index contributed by atoms with van der Waals surface area (Å²) in [5.41, 5.74) is 2.09. The maximum atomic E-state index is 10.7. The van der Waals surface area contributed by atoms with E-state index >= 15 is 0 Å². The summed E-state index contributed by atoms with van der Waals surface area (Å²) in [7, 11) is -1.56. The van der Waals surface area contributed by atoms with Gasteiger partial charge < -0.3 is 8.42 Å². The summed E-state index contributed by atoms with van der Waals surface area (Å²) < 4.78 is 51.4. The molecule has 0 fully saturated rings. The highest BCUT2D eigenvalue weighted by Gasteiger charge is 2.28. The minimum absolute atomic E-state index is 0.320. The molecule has 1 atom stereocenters. The summed E-state index contributed by atoms with van der Waals surface area (Å²) in [5, 5.41) is 1.21. The molecule has 0 saturated carbocycles. The second-order valence-corrected chi connectivity index (χ2v) is 5.00. The lowest BCUT2D eigenvalue weighted by molar-refractivity contribution is -0.0441. The number of anilines is 1. The summed E-state index contributed by atoms with van der Waals surface area (Å²) >= 11 is -1.08. The van der Waals surface area contributed by atoms with Gasteiger partial charge in [-0.25, -0.2) is 4.18 Å². The molecule has 11 heteroatoms. The molecule has 1 N–H and O–H groups in total. The van der Waals surface area contributed by atoms with E-state index in [4.69, 9.17) is 22.6 Å². The number of fused-ring (bicyclic) bond motifs is 3. The van der Waals surface area contributed by atoms with E-state index < -0.39 is 28.1 Å². The third-order valence-corrected chi connectivity index (χ3v) is 3.13. The van der Waals surface area contributed by atoms with Gasteiger partial charge in [0.15, 0.2) is 0 Å². The monoisotopic (exact) mass is 340 g/mol. The zero-order valence-corrected chi connectivity index (χ0v) is 12.8. The first-order valence-corrected chi connectivity index (χ1v) is 7.57. The van der Waals surface area contributed by atoms with Crippen LogP contribution in [0.2, 0.25) is 0 Å². The Kier molecular flexibility index (Phi) is 6.51. The Morgan fingerprint density at radius 1 is 1.29 bits per heavy atom. The van der Waals surface area contributed by atoms with Crippen LogP contribution in [0.5, 0.6) is 0 Å². The second-order valence-electron chi connectivity index (χ2n) is 3.80. The number of nitrogens with zero attached hydrogens (tertiary/aromatic N) is 1. The molecule has 1 unspecified atom stereocenters. The van der Waals surface area contributed by atoms with E-state index in [9.17, 15) is 8.42 Å². The Morgan fingerprint density at radius 2 is 1.86 bits per heavy atom. The smallest absolute Gasteiger partial charge is 0.397 e. The van der Waals surface area contributed by atoms with Crippen LogP contribution in [-0.2, 0) is 50.7 Å². The molecule has 120 valence electrons. The highest BCUT2D eigenvalue weighted by atomic mass is 32.3. The second kappa shape index (κ2) is 7.68. The van der Waals surface area contributed by atoms with Gasteiger partial charge >= 0.3 is 10.4 Å². The molecule has 0 heterocycles. The van der Waals surface area contributed by atoms with Crippen molar-refractivity contribution in [3.05, 3.63) is 29.3 Å². The van der Waals surface area contributed by atoms with Gasteiger partial charge in [0.05, 0.1) is 19.9 Å². The summed E-state index contributed by atoms with van der Waals surface area (Å²) in [6.45, 7) is 0. The van der Waals surface area contributed by atoms with Gasteiger partial charge in [0.25, 0.3) is 0 Å². The normalized spacial score (nSPS) is 16.2. The molecule has 0 spiro atoms. The average Bonchev–Trinajstić information content (AvgIpc) is 2.40. The summed E-state index contributed by atoms with van der Waals surface area (Å²) in [6, 6.07) is 5.23. The maximum absolute atomic E-state index is 10.7. The fraction of sp³-hybridized carbons (Fsp3) is 0.400. The lowest BCUT2D eigenvalue weighted by Crippen LogP contribution is -2.25. The van der Waals surface area contributed by atoms with Crippen LogP contribution < -0.4 is 5.23 Å². The fourth-order valence-electron chi connectivity index (χ4n) is 1.95. The lowest BCUT2D eigenvalue weighted by atomic mass is 9.92. The number of hydrogen-bond acceptors (Lipinski definition) is 9. The van der Waals surface area contributed by atoms with Gasteiger partial charge in [-0.1, -0.05) is 23.7 Å². The van der Waals surface area contributed by atoms with E-state index in [1.807, 2.05) is 6.07 Å². The predicted octanol–water partition coefficient (Wildman–Crippen LogP) is 0.525. The molecule has 3 rings (SSSR count). The van der Waals surface area contributed by atoms with Crippen molar-refractivity contribution in [3.8, 4) is 0 Å². The highest BCUT2D eigenvalue weighted by molar-refractivity contribution is 7.80. The first-order chi connectivity index (χ1) is 9.86. The molecule has 0 aromatic heterocycles. The van der Waals surface area contributed by atoms with E-state index in [2.05, 4.69) is 4.18 Å². The van der Waals surface area contributed by atoms with Crippen LogP contribution in [0.3, 0.4) is 0 Å². The Hall–Kier alpha value is -1.24. The molecule has 9 nitrogen and oxygen atoms in total. The van der Waals surface area contributed by atoms with E-state index in [-0.39, 0.29) is 0 Å². The molecule has 1 aromatic rings. The van der Waals surface area contributed by atoms with Crippen molar-refractivity contribution in [2.24, 2.45) is 0 Å². The molecule has 2 aliphatic rings.